The van der Waals surface area contributed by atoms with Gasteiger partial charge in [0.1, 0.15) is 11.8 Å². The van der Waals surface area contributed by atoms with Crippen LogP contribution in [0, 0.1) is 11.3 Å². The van der Waals surface area contributed by atoms with Crippen molar-refractivity contribution in [3.8, 4) is 23.1 Å². The van der Waals surface area contributed by atoms with Gasteiger partial charge < -0.3 is 14.8 Å². The van der Waals surface area contributed by atoms with Gasteiger partial charge in [-0.3, -0.25) is 0 Å². The van der Waals surface area contributed by atoms with Gasteiger partial charge in [0.2, 0.25) is 5.95 Å². The molecule has 0 aliphatic rings. The van der Waals surface area contributed by atoms with Crippen molar-refractivity contribution in [2.24, 2.45) is 0 Å². The SMILES string of the molecule is COC(=O)c1ccc(Nc2nc3cccc(-c4ccc(OCC#N)cc4)n3n2)cc1. The fourth-order valence-electron chi connectivity index (χ4n) is 2.95. The second-order valence-electron chi connectivity index (χ2n) is 6.28. The van der Waals surface area contributed by atoms with Crippen LogP contribution in [0.1, 0.15) is 10.4 Å². The lowest BCUT2D eigenvalue weighted by Crippen LogP contribution is -2.01. The summed E-state index contributed by atoms with van der Waals surface area (Å²) in [6.45, 7) is 0.00758. The van der Waals surface area contributed by atoms with Crippen molar-refractivity contribution in [2.75, 3.05) is 19.0 Å². The summed E-state index contributed by atoms with van der Waals surface area (Å²) in [6, 6.07) is 22.0. The molecule has 0 saturated carbocycles. The van der Waals surface area contributed by atoms with Gasteiger partial charge >= 0.3 is 5.97 Å². The predicted molar refractivity (Wildman–Crippen MR) is 111 cm³/mol. The van der Waals surface area contributed by atoms with Gasteiger partial charge in [0.15, 0.2) is 12.3 Å². The largest absolute Gasteiger partial charge is 0.479 e. The Morgan fingerprint density at radius 2 is 1.87 bits per heavy atom. The molecule has 0 amide bonds. The summed E-state index contributed by atoms with van der Waals surface area (Å²) in [4.78, 5) is 16.1. The molecule has 0 aliphatic carbocycles. The Kier molecular flexibility index (Phi) is 5.26. The number of carbonyl (C=O) groups is 1. The molecule has 0 atom stereocenters. The summed E-state index contributed by atoms with van der Waals surface area (Å²) in [5, 5.41) is 16.3. The Morgan fingerprint density at radius 1 is 1.10 bits per heavy atom. The number of aromatic nitrogens is 3. The summed E-state index contributed by atoms with van der Waals surface area (Å²) in [5.41, 5.74) is 3.70. The van der Waals surface area contributed by atoms with Crippen molar-refractivity contribution in [1.29, 1.82) is 5.26 Å². The number of rotatable bonds is 6. The molecule has 4 aromatic rings. The standard InChI is InChI=1S/C22H17N5O3/c1-29-21(28)16-5-9-17(10-6-16)24-22-25-20-4-2-3-19(27(20)26-22)15-7-11-18(12-8-15)30-14-13-23/h2-12H,14H2,1H3,(H,24,26). The van der Waals surface area contributed by atoms with Crippen LogP contribution in [-0.4, -0.2) is 34.3 Å². The quantitative estimate of drug-likeness (QED) is 0.492. The Balaban J connectivity index is 1.59. The van der Waals surface area contributed by atoms with Crippen LogP contribution in [-0.2, 0) is 4.74 Å². The lowest BCUT2D eigenvalue weighted by atomic mass is 10.1. The summed E-state index contributed by atoms with van der Waals surface area (Å²) >= 11 is 0. The van der Waals surface area contributed by atoms with Crippen molar-refractivity contribution >= 4 is 23.3 Å². The highest BCUT2D eigenvalue weighted by molar-refractivity contribution is 5.89. The average molecular weight is 399 g/mol. The molecule has 0 aliphatic heterocycles. The summed E-state index contributed by atoms with van der Waals surface area (Å²) in [7, 11) is 1.35. The van der Waals surface area contributed by atoms with Crippen molar-refractivity contribution in [3.05, 3.63) is 72.3 Å². The Bertz CT molecular complexity index is 1220. The number of hydrogen-bond acceptors (Lipinski definition) is 7. The maximum atomic E-state index is 11.6. The van der Waals surface area contributed by atoms with Gasteiger partial charge in [-0.25, -0.2) is 9.31 Å². The number of pyridine rings is 1. The van der Waals surface area contributed by atoms with E-state index in [0.29, 0.717) is 22.9 Å². The molecule has 2 aromatic heterocycles. The number of carbonyl (C=O) groups excluding carboxylic acids is 1. The zero-order valence-electron chi connectivity index (χ0n) is 16.1. The molecule has 2 heterocycles. The zero-order chi connectivity index (χ0) is 20.9. The number of nitrogens with one attached hydrogen (secondary N) is 1. The normalized spacial score (nSPS) is 10.4. The smallest absolute Gasteiger partial charge is 0.337 e. The summed E-state index contributed by atoms with van der Waals surface area (Å²) < 4.78 is 11.8. The van der Waals surface area contributed by atoms with E-state index in [-0.39, 0.29) is 12.6 Å². The summed E-state index contributed by atoms with van der Waals surface area (Å²) in [6.07, 6.45) is 0. The monoisotopic (exact) mass is 399 g/mol. The van der Waals surface area contributed by atoms with Crippen LogP contribution < -0.4 is 10.1 Å². The molecule has 148 valence electrons. The molecule has 0 spiro atoms. The van der Waals surface area contributed by atoms with E-state index in [4.69, 9.17) is 14.7 Å². The van der Waals surface area contributed by atoms with Crippen LogP contribution in [0.5, 0.6) is 5.75 Å². The van der Waals surface area contributed by atoms with E-state index in [1.165, 1.54) is 7.11 Å². The van der Waals surface area contributed by atoms with E-state index in [0.717, 1.165) is 16.9 Å². The van der Waals surface area contributed by atoms with Gasteiger partial charge in [-0.15, -0.1) is 5.10 Å². The molecule has 8 nitrogen and oxygen atoms in total. The molecule has 0 bridgehead atoms. The number of nitrogens with zero attached hydrogens (tertiary/aromatic N) is 4. The molecule has 0 saturated heterocycles. The topological polar surface area (TPSA) is 102 Å². The first-order valence-corrected chi connectivity index (χ1v) is 9.09. The van der Waals surface area contributed by atoms with Gasteiger partial charge in [0.25, 0.3) is 0 Å². The fourth-order valence-corrected chi connectivity index (χ4v) is 2.95. The minimum Gasteiger partial charge on any atom is -0.479 e. The highest BCUT2D eigenvalue weighted by Crippen LogP contribution is 2.24. The van der Waals surface area contributed by atoms with Gasteiger partial charge in [-0.2, -0.15) is 10.2 Å². The molecule has 2 aromatic carbocycles. The molecule has 0 radical (unpaired) electrons. The van der Waals surface area contributed by atoms with Gasteiger partial charge in [0.05, 0.1) is 18.4 Å². The van der Waals surface area contributed by atoms with Crippen LogP contribution in [0.3, 0.4) is 0 Å². The van der Waals surface area contributed by atoms with Gasteiger partial charge in [-0.05, 0) is 60.7 Å². The molecular formula is C22H17N5O3. The number of benzene rings is 2. The third-order valence-corrected chi connectivity index (χ3v) is 4.38. The first-order chi connectivity index (χ1) is 14.7. The Morgan fingerprint density at radius 3 is 2.57 bits per heavy atom. The lowest BCUT2D eigenvalue weighted by Gasteiger charge is -2.06. The number of ether oxygens (including phenoxy) is 2. The highest BCUT2D eigenvalue weighted by atomic mass is 16.5. The van der Waals surface area contributed by atoms with Crippen LogP contribution in [0.2, 0.25) is 0 Å². The molecule has 0 unspecified atom stereocenters. The second kappa shape index (κ2) is 8.32. The van der Waals surface area contributed by atoms with Crippen LogP contribution >= 0.6 is 0 Å². The number of anilines is 2. The van der Waals surface area contributed by atoms with E-state index in [1.807, 2.05) is 48.5 Å². The van der Waals surface area contributed by atoms with E-state index < -0.39 is 0 Å². The number of methoxy groups -OCH3 is 1. The van der Waals surface area contributed by atoms with Crippen molar-refractivity contribution in [2.45, 2.75) is 0 Å². The second-order valence-corrected chi connectivity index (χ2v) is 6.28. The first kappa shape index (κ1) is 19.0. The van der Waals surface area contributed by atoms with Crippen molar-refractivity contribution in [3.63, 3.8) is 0 Å². The molecule has 8 heteroatoms. The Hall–Kier alpha value is -4.38. The van der Waals surface area contributed by atoms with E-state index in [2.05, 4.69) is 15.4 Å². The number of nitriles is 1. The van der Waals surface area contributed by atoms with Crippen LogP contribution in [0.4, 0.5) is 11.6 Å². The van der Waals surface area contributed by atoms with Crippen molar-refractivity contribution < 1.29 is 14.3 Å². The first-order valence-electron chi connectivity index (χ1n) is 9.09. The van der Waals surface area contributed by atoms with Gasteiger partial charge in [-0.1, -0.05) is 6.07 Å². The number of fused-ring (bicyclic) bond motifs is 1. The fraction of sp³-hybridized carbons (Fsp3) is 0.0909. The molecular weight excluding hydrogens is 382 g/mol. The predicted octanol–water partition coefficient (Wildman–Crippen LogP) is 3.83. The van der Waals surface area contributed by atoms with E-state index in [1.54, 1.807) is 28.8 Å². The molecule has 1 N–H and O–H groups in total. The lowest BCUT2D eigenvalue weighted by molar-refractivity contribution is 0.0601. The van der Waals surface area contributed by atoms with E-state index in [9.17, 15) is 4.79 Å². The zero-order valence-corrected chi connectivity index (χ0v) is 16.1. The minimum absolute atomic E-state index is 0.00758. The number of esters is 1. The number of hydrogen-bond donors (Lipinski definition) is 1. The van der Waals surface area contributed by atoms with Crippen LogP contribution in [0.15, 0.2) is 66.7 Å². The Labute approximate surface area is 172 Å². The van der Waals surface area contributed by atoms with Crippen molar-refractivity contribution in [1.82, 2.24) is 14.6 Å². The summed E-state index contributed by atoms with van der Waals surface area (Å²) in [5.74, 6) is 0.673. The minimum atomic E-state index is -0.388. The molecule has 0 fully saturated rings. The van der Waals surface area contributed by atoms with Crippen LogP contribution in [0.25, 0.3) is 16.9 Å². The molecule has 30 heavy (non-hydrogen) atoms. The van der Waals surface area contributed by atoms with E-state index >= 15 is 0 Å². The third kappa shape index (κ3) is 3.91. The maximum Gasteiger partial charge on any atom is 0.337 e. The average Bonchev–Trinajstić information content (AvgIpc) is 3.20. The van der Waals surface area contributed by atoms with Gasteiger partial charge in [0, 0.05) is 11.3 Å². The molecule has 4 rings (SSSR count). The maximum absolute atomic E-state index is 11.6. The third-order valence-electron chi connectivity index (χ3n) is 4.38. The highest BCUT2D eigenvalue weighted by Gasteiger charge is 2.10.